The number of nitrogens with two attached hydrogens (primary N) is 1. The molecule has 88 valence electrons. The highest BCUT2D eigenvalue weighted by atomic mass is 32.1. The Morgan fingerprint density at radius 3 is 2.94 bits per heavy atom. The minimum atomic E-state index is -0.528. The van der Waals surface area contributed by atoms with Crippen molar-refractivity contribution in [3.05, 3.63) is 40.1 Å². The summed E-state index contributed by atoms with van der Waals surface area (Å²) in [5.41, 5.74) is 6.23. The molecule has 0 spiro atoms. The summed E-state index contributed by atoms with van der Waals surface area (Å²) in [6, 6.07) is 4.00. The van der Waals surface area contributed by atoms with Crippen LogP contribution in [-0.4, -0.2) is 10.9 Å². The van der Waals surface area contributed by atoms with Crippen LogP contribution in [0.2, 0.25) is 0 Å². The van der Waals surface area contributed by atoms with Gasteiger partial charge in [-0.3, -0.25) is 4.79 Å². The largest absolute Gasteiger partial charge is 0.399 e. The van der Waals surface area contributed by atoms with Crippen molar-refractivity contribution in [3.8, 4) is 0 Å². The molecular weight excluding hydrogens is 241 g/mol. The van der Waals surface area contributed by atoms with E-state index < -0.39 is 11.7 Å². The van der Waals surface area contributed by atoms with Gasteiger partial charge in [0.1, 0.15) is 11.5 Å². The molecule has 1 amide bonds. The molecule has 2 aromatic rings. The van der Waals surface area contributed by atoms with Gasteiger partial charge in [-0.25, -0.2) is 9.37 Å². The molecule has 0 radical (unpaired) electrons. The van der Waals surface area contributed by atoms with Crippen LogP contribution in [0.15, 0.2) is 23.6 Å². The van der Waals surface area contributed by atoms with Gasteiger partial charge in [0.05, 0.1) is 10.7 Å². The summed E-state index contributed by atoms with van der Waals surface area (Å²) in [6.45, 7) is 1.79. The van der Waals surface area contributed by atoms with E-state index in [2.05, 4.69) is 10.3 Å². The number of nitrogens with one attached hydrogen (secondary N) is 1. The molecule has 0 unspecified atom stereocenters. The Balaban J connectivity index is 2.21. The maximum Gasteiger partial charge on any atom is 0.275 e. The zero-order valence-corrected chi connectivity index (χ0v) is 9.84. The lowest BCUT2D eigenvalue weighted by molar-refractivity contribution is 0.102. The van der Waals surface area contributed by atoms with Crippen molar-refractivity contribution in [1.82, 2.24) is 4.98 Å². The van der Waals surface area contributed by atoms with Crippen LogP contribution >= 0.6 is 11.3 Å². The standard InChI is InChI=1S/C11H10FN3OS/c1-6-14-10(5-17-6)11(16)15-9-4-7(13)2-3-8(9)12/h2-5H,13H2,1H3,(H,15,16). The molecule has 2 rings (SSSR count). The Labute approximate surface area is 101 Å². The van der Waals surface area contributed by atoms with E-state index in [1.54, 1.807) is 12.3 Å². The summed E-state index contributed by atoms with van der Waals surface area (Å²) in [5, 5.41) is 4.83. The lowest BCUT2D eigenvalue weighted by Crippen LogP contribution is -2.13. The third-order valence-electron chi connectivity index (χ3n) is 2.09. The average molecular weight is 251 g/mol. The first-order chi connectivity index (χ1) is 8.06. The fraction of sp³-hybridized carbons (Fsp3) is 0.0909. The van der Waals surface area contributed by atoms with Crippen molar-refractivity contribution in [3.63, 3.8) is 0 Å². The summed E-state index contributed by atoms with van der Waals surface area (Å²) < 4.78 is 13.4. The van der Waals surface area contributed by atoms with Crippen LogP contribution < -0.4 is 11.1 Å². The molecule has 3 N–H and O–H groups in total. The highest BCUT2D eigenvalue weighted by molar-refractivity contribution is 7.09. The van der Waals surface area contributed by atoms with Crippen molar-refractivity contribution >= 4 is 28.6 Å². The van der Waals surface area contributed by atoms with Crippen LogP contribution in [0, 0.1) is 12.7 Å². The normalized spacial score (nSPS) is 10.2. The first-order valence-corrected chi connectivity index (χ1v) is 5.73. The molecule has 0 bridgehead atoms. The minimum Gasteiger partial charge on any atom is -0.399 e. The molecule has 1 aromatic carbocycles. The number of nitrogen functional groups attached to an aromatic ring is 1. The SMILES string of the molecule is Cc1nc(C(=O)Nc2cc(N)ccc2F)cs1. The molecule has 17 heavy (non-hydrogen) atoms. The van der Waals surface area contributed by atoms with Gasteiger partial charge in [-0.1, -0.05) is 0 Å². The maximum atomic E-state index is 13.4. The Morgan fingerprint density at radius 1 is 1.53 bits per heavy atom. The minimum absolute atomic E-state index is 0.0562. The second-order valence-electron chi connectivity index (χ2n) is 3.45. The number of rotatable bonds is 2. The highest BCUT2D eigenvalue weighted by Gasteiger charge is 2.12. The summed E-state index contributed by atoms with van der Waals surface area (Å²) in [7, 11) is 0. The molecule has 4 nitrogen and oxygen atoms in total. The van der Waals surface area contributed by atoms with E-state index in [1.807, 2.05) is 0 Å². The van der Waals surface area contributed by atoms with Crippen LogP contribution in [0.5, 0.6) is 0 Å². The number of aryl methyl sites for hydroxylation is 1. The topological polar surface area (TPSA) is 68.0 Å². The number of anilines is 2. The van der Waals surface area contributed by atoms with E-state index in [1.165, 1.54) is 29.5 Å². The first kappa shape index (κ1) is 11.5. The van der Waals surface area contributed by atoms with Crippen molar-refractivity contribution in [1.29, 1.82) is 0 Å². The van der Waals surface area contributed by atoms with Gasteiger partial charge in [-0.2, -0.15) is 0 Å². The van der Waals surface area contributed by atoms with Gasteiger partial charge >= 0.3 is 0 Å². The van der Waals surface area contributed by atoms with E-state index in [-0.39, 0.29) is 11.4 Å². The molecule has 0 saturated carbocycles. The lowest BCUT2D eigenvalue weighted by Gasteiger charge is -2.05. The van der Waals surface area contributed by atoms with Gasteiger partial charge in [0.25, 0.3) is 5.91 Å². The number of amides is 1. The van der Waals surface area contributed by atoms with Gasteiger partial charge in [0.2, 0.25) is 0 Å². The molecule has 0 aliphatic heterocycles. The van der Waals surface area contributed by atoms with Crippen LogP contribution in [0.3, 0.4) is 0 Å². The summed E-state index contributed by atoms with van der Waals surface area (Å²) in [6.07, 6.45) is 0. The second-order valence-corrected chi connectivity index (χ2v) is 4.51. The van der Waals surface area contributed by atoms with E-state index in [0.29, 0.717) is 5.69 Å². The van der Waals surface area contributed by atoms with Gasteiger partial charge in [0, 0.05) is 11.1 Å². The number of hydrogen-bond acceptors (Lipinski definition) is 4. The van der Waals surface area contributed by atoms with Gasteiger partial charge in [-0.15, -0.1) is 11.3 Å². The quantitative estimate of drug-likeness (QED) is 0.805. The average Bonchev–Trinajstić information content (AvgIpc) is 2.70. The Kier molecular flexibility index (Phi) is 3.06. The Morgan fingerprint density at radius 2 is 2.29 bits per heavy atom. The number of nitrogens with zero attached hydrogens (tertiary/aromatic N) is 1. The number of thiazole rings is 1. The summed E-state index contributed by atoms with van der Waals surface area (Å²) >= 11 is 1.36. The zero-order chi connectivity index (χ0) is 12.4. The fourth-order valence-electron chi connectivity index (χ4n) is 1.29. The molecule has 6 heteroatoms. The van der Waals surface area contributed by atoms with Gasteiger partial charge in [-0.05, 0) is 25.1 Å². The first-order valence-electron chi connectivity index (χ1n) is 4.85. The summed E-state index contributed by atoms with van der Waals surface area (Å²) in [4.78, 5) is 15.7. The van der Waals surface area contributed by atoms with Crippen LogP contribution in [0.25, 0.3) is 0 Å². The van der Waals surface area contributed by atoms with Gasteiger partial charge < -0.3 is 11.1 Å². The van der Waals surface area contributed by atoms with Crippen LogP contribution in [0.1, 0.15) is 15.5 Å². The smallest absolute Gasteiger partial charge is 0.275 e. The molecule has 0 atom stereocenters. The Hall–Kier alpha value is -1.95. The third-order valence-corrected chi connectivity index (χ3v) is 2.86. The predicted molar refractivity (Wildman–Crippen MR) is 65.6 cm³/mol. The highest BCUT2D eigenvalue weighted by Crippen LogP contribution is 2.18. The molecule has 1 aromatic heterocycles. The molecular formula is C11H10FN3OS. The van der Waals surface area contributed by atoms with Gasteiger partial charge in [0.15, 0.2) is 0 Å². The molecule has 1 heterocycles. The van der Waals surface area contributed by atoms with E-state index >= 15 is 0 Å². The van der Waals surface area contributed by atoms with E-state index in [0.717, 1.165) is 5.01 Å². The number of benzene rings is 1. The number of carbonyl (C=O) groups is 1. The number of hydrogen-bond donors (Lipinski definition) is 2. The third kappa shape index (κ3) is 2.59. The predicted octanol–water partition coefficient (Wildman–Crippen LogP) is 2.43. The molecule has 0 saturated heterocycles. The molecule has 0 aliphatic rings. The second kappa shape index (κ2) is 4.50. The Bertz CT molecular complexity index is 568. The number of aromatic nitrogens is 1. The van der Waals surface area contributed by atoms with Crippen LogP contribution in [-0.2, 0) is 0 Å². The van der Waals surface area contributed by atoms with Crippen molar-refractivity contribution < 1.29 is 9.18 Å². The molecule has 0 fully saturated rings. The van der Waals surface area contributed by atoms with E-state index in [9.17, 15) is 9.18 Å². The monoisotopic (exact) mass is 251 g/mol. The lowest BCUT2D eigenvalue weighted by atomic mass is 10.2. The van der Waals surface area contributed by atoms with Crippen molar-refractivity contribution in [2.75, 3.05) is 11.1 Å². The van der Waals surface area contributed by atoms with Crippen molar-refractivity contribution in [2.45, 2.75) is 6.92 Å². The number of halogens is 1. The van der Waals surface area contributed by atoms with Crippen LogP contribution in [0.4, 0.5) is 15.8 Å². The summed E-state index contributed by atoms with van der Waals surface area (Å²) in [5.74, 6) is -0.974. The molecule has 0 aliphatic carbocycles. The fourth-order valence-corrected chi connectivity index (χ4v) is 1.89. The van der Waals surface area contributed by atoms with Crippen molar-refractivity contribution in [2.24, 2.45) is 0 Å². The zero-order valence-electron chi connectivity index (χ0n) is 9.03. The van der Waals surface area contributed by atoms with E-state index in [4.69, 9.17) is 5.73 Å². The maximum absolute atomic E-state index is 13.4. The number of carbonyl (C=O) groups excluding carboxylic acids is 1.